The third kappa shape index (κ3) is 7.01. The summed E-state index contributed by atoms with van der Waals surface area (Å²) < 4.78 is 16.2. The normalized spacial score (nSPS) is 11.7. The van der Waals surface area contributed by atoms with Gasteiger partial charge >= 0.3 is 0 Å². The van der Waals surface area contributed by atoms with Crippen LogP contribution in [0.25, 0.3) is 10.9 Å². The predicted molar refractivity (Wildman–Crippen MR) is 140 cm³/mol. The van der Waals surface area contributed by atoms with E-state index in [2.05, 4.69) is 17.2 Å². The first-order chi connectivity index (χ1) is 17.0. The highest BCUT2D eigenvalue weighted by Gasteiger charge is 2.16. The quantitative estimate of drug-likeness (QED) is 0.341. The van der Waals surface area contributed by atoms with Crippen LogP contribution >= 0.6 is 0 Å². The van der Waals surface area contributed by atoms with Crippen LogP contribution in [0.3, 0.4) is 0 Å². The Bertz CT molecular complexity index is 1120. The van der Waals surface area contributed by atoms with Gasteiger partial charge in [-0.25, -0.2) is 0 Å². The number of fused-ring (bicyclic) bond motifs is 1. The number of ether oxygens (including phenoxy) is 3. The molecule has 0 spiro atoms. The van der Waals surface area contributed by atoms with E-state index in [0.29, 0.717) is 31.0 Å². The summed E-state index contributed by atoms with van der Waals surface area (Å²) in [5.74, 6) is 2.32. The van der Waals surface area contributed by atoms with Gasteiger partial charge in [0, 0.05) is 43.2 Å². The molecule has 0 radical (unpaired) electrons. The standard InChI is InChI=1S/C28H37N3O4/c1-6-9-27(32)31(19-21-12-13-25(34-4)26(16-21)35-5)15-8-10-20(2)30-24-18-23(33-3)17-22-11-7-14-29-28(22)24/h7,11-14,16-18,20,30H,6,8-10,15,19H2,1-5H3. The van der Waals surface area contributed by atoms with Gasteiger partial charge in [0.05, 0.1) is 32.5 Å². The van der Waals surface area contributed by atoms with Gasteiger partial charge in [0.25, 0.3) is 0 Å². The number of pyridine rings is 1. The van der Waals surface area contributed by atoms with Crippen molar-refractivity contribution in [3.8, 4) is 17.2 Å². The zero-order chi connectivity index (χ0) is 25.2. The van der Waals surface area contributed by atoms with Crippen molar-refractivity contribution in [2.45, 2.75) is 52.1 Å². The molecule has 0 fully saturated rings. The van der Waals surface area contributed by atoms with Gasteiger partial charge in [-0.3, -0.25) is 9.78 Å². The lowest BCUT2D eigenvalue weighted by molar-refractivity contribution is -0.132. The fourth-order valence-corrected chi connectivity index (χ4v) is 4.18. The highest BCUT2D eigenvalue weighted by Crippen LogP contribution is 2.29. The van der Waals surface area contributed by atoms with E-state index in [1.165, 1.54) is 0 Å². The summed E-state index contributed by atoms with van der Waals surface area (Å²) in [4.78, 5) is 19.3. The molecule has 0 saturated heterocycles. The Morgan fingerprint density at radius 2 is 1.86 bits per heavy atom. The van der Waals surface area contributed by atoms with E-state index in [1.54, 1.807) is 27.5 Å². The second-order valence-electron chi connectivity index (χ2n) is 8.69. The summed E-state index contributed by atoms with van der Waals surface area (Å²) in [7, 11) is 4.91. The fourth-order valence-electron chi connectivity index (χ4n) is 4.18. The average molecular weight is 480 g/mol. The van der Waals surface area contributed by atoms with Gasteiger partial charge in [-0.15, -0.1) is 0 Å². The summed E-state index contributed by atoms with van der Waals surface area (Å²) in [5.41, 5.74) is 2.90. The van der Waals surface area contributed by atoms with Crippen molar-refractivity contribution in [1.29, 1.82) is 0 Å². The molecular weight excluding hydrogens is 442 g/mol. The van der Waals surface area contributed by atoms with Gasteiger partial charge in [-0.05, 0) is 56.0 Å². The maximum absolute atomic E-state index is 12.8. The number of nitrogens with zero attached hydrogens (tertiary/aromatic N) is 2. The molecule has 0 aliphatic heterocycles. The summed E-state index contributed by atoms with van der Waals surface area (Å²) >= 11 is 0. The Morgan fingerprint density at radius 3 is 2.57 bits per heavy atom. The number of anilines is 1. The zero-order valence-corrected chi connectivity index (χ0v) is 21.5. The lowest BCUT2D eigenvalue weighted by Crippen LogP contribution is -2.32. The summed E-state index contributed by atoms with van der Waals surface area (Å²) in [5, 5.41) is 4.62. The Balaban J connectivity index is 1.64. The molecule has 1 atom stereocenters. The Hall–Kier alpha value is -3.48. The minimum Gasteiger partial charge on any atom is -0.497 e. The van der Waals surface area contributed by atoms with Crippen LogP contribution in [0.4, 0.5) is 5.69 Å². The topological polar surface area (TPSA) is 72.9 Å². The first kappa shape index (κ1) is 26.1. The predicted octanol–water partition coefficient (Wildman–Crippen LogP) is 5.67. The van der Waals surface area contributed by atoms with Crippen LogP contribution in [0, 0.1) is 0 Å². The lowest BCUT2D eigenvalue weighted by Gasteiger charge is -2.24. The lowest BCUT2D eigenvalue weighted by atomic mass is 10.1. The van der Waals surface area contributed by atoms with Crippen LogP contribution in [0.2, 0.25) is 0 Å². The molecule has 1 N–H and O–H groups in total. The highest BCUT2D eigenvalue weighted by molar-refractivity contribution is 5.91. The minimum absolute atomic E-state index is 0.172. The molecule has 0 aliphatic rings. The maximum Gasteiger partial charge on any atom is 0.222 e. The monoisotopic (exact) mass is 479 g/mol. The number of nitrogens with one attached hydrogen (secondary N) is 1. The number of hydrogen-bond acceptors (Lipinski definition) is 6. The molecule has 1 amide bonds. The Labute approximate surface area is 208 Å². The number of carbonyl (C=O) groups excluding carboxylic acids is 1. The van der Waals surface area contributed by atoms with Crippen LogP contribution in [0.15, 0.2) is 48.7 Å². The SMILES string of the molecule is CCCC(=O)N(CCCC(C)Nc1cc(OC)cc2cccnc12)Cc1ccc(OC)c(OC)c1. The second-order valence-corrected chi connectivity index (χ2v) is 8.69. The van der Waals surface area contributed by atoms with Crippen molar-refractivity contribution in [3.63, 3.8) is 0 Å². The second kappa shape index (κ2) is 12.8. The van der Waals surface area contributed by atoms with E-state index in [0.717, 1.165) is 47.2 Å². The first-order valence-electron chi connectivity index (χ1n) is 12.2. The largest absolute Gasteiger partial charge is 0.497 e. The molecule has 7 nitrogen and oxygen atoms in total. The molecule has 1 heterocycles. The van der Waals surface area contributed by atoms with Gasteiger partial charge in [-0.1, -0.05) is 19.1 Å². The number of aromatic nitrogens is 1. The number of hydrogen-bond donors (Lipinski definition) is 1. The molecule has 35 heavy (non-hydrogen) atoms. The van der Waals surface area contributed by atoms with Gasteiger partial charge in [0.15, 0.2) is 11.5 Å². The van der Waals surface area contributed by atoms with Crippen LogP contribution in [-0.4, -0.2) is 49.7 Å². The van der Waals surface area contributed by atoms with E-state index in [9.17, 15) is 4.79 Å². The van der Waals surface area contributed by atoms with Crippen molar-refractivity contribution in [2.75, 3.05) is 33.2 Å². The van der Waals surface area contributed by atoms with Crippen molar-refractivity contribution in [2.24, 2.45) is 0 Å². The highest BCUT2D eigenvalue weighted by atomic mass is 16.5. The van der Waals surface area contributed by atoms with E-state index < -0.39 is 0 Å². The molecule has 1 aromatic heterocycles. The van der Waals surface area contributed by atoms with Crippen LogP contribution in [-0.2, 0) is 11.3 Å². The smallest absolute Gasteiger partial charge is 0.222 e. The van der Waals surface area contributed by atoms with E-state index in [-0.39, 0.29) is 11.9 Å². The Kier molecular flexibility index (Phi) is 9.58. The summed E-state index contributed by atoms with van der Waals surface area (Å²) in [6, 6.07) is 13.9. The van der Waals surface area contributed by atoms with Crippen LogP contribution < -0.4 is 19.5 Å². The Morgan fingerprint density at radius 1 is 1.06 bits per heavy atom. The van der Waals surface area contributed by atoms with Crippen molar-refractivity contribution < 1.29 is 19.0 Å². The maximum atomic E-state index is 12.8. The van der Waals surface area contributed by atoms with Gasteiger partial charge in [0.2, 0.25) is 5.91 Å². The zero-order valence-electron chi connectivity index (χ0n) is 21.5. The van der Waals surface area contributed by atoms with Crippen molar-refractivity contribution >= 4 is 22.5 Å². The van der Waals surface area contributed by atoms with Gasteiger partial charge in [0.1, 0.15) is 5.75 Å². The molecule has 3 aromatic rings. The van der Waals surface area contributed by atoms with Gasteiger partial charge < -0.3 is 24.4 Å². The number of benzene rings is 2. The molecular formula is C28H37N3O4. The van der Waals surface area contributed by atoms with Crippen molar-refractivity contribution in [1.82, 2.24) is 9.88 Å². The molecule has 1 unspecified atom stereocenters. The van der Waals surface area contributed by atoms with E-state index in [4.69, 9.17) is 14.2 Å². The van der Waals surface area contributed by atoms with E-state index in [1.807, 2.05) is 54.3 Å². The molecule has 0 bridgehead atoms. The molecule has 188 valence electrons. The van der Waals surface area contributed by atoms with E-state index >= 15 is 0 Å². The molecule has 0 aliphatic carbocycles. The minimum atomic E-state index is 0.172. The fraction of sp³-hybridized carbons (Fsp3) is 0.429. The number of amides is 1. The van der Waals surface area contributed by atoms with Crippen molar-refractivity contribution in [3.05, 3.63) is 54.2 Å². The third-order valence-corrected chi connectivity index (χ3v) is 6.02. The molecule has 7 heteroatoms. The first-order valence-corrected chi connectivity index (χ1v) is 12.2. The molecule has 3 rings (SSSR count). The summed E-state index contributed by atoms with van der Waals surface area (Å²) in [6.07, 6.45) is 4.97. The molecule has 2 aromatic carbocycles. The average Bonchev–Trinajstić information content (AvgIpc) is 2.87. The molecule has 0 saturated carbocycles. The van der Waals surface area contributed by atoms with Crippen LogP contribution in [0.1, 0.15) is 45.1 Å². The number of carbonyl (C=O) groups is 1. The van der Waals surface area contributed by atoms with Gasteiger partial charge in [-0.2, -0.15) is 0 Å². The summed E-state index contributed by atoms with van der Waals surface area (Å²) in [6.45, 7) is 5.42. The number of rotatable bonds is 13. The third-order valence-electron chi connectivity index (χ3n) is 6.02. The van der Waals surface area contributed by atoms with Crippen LogP contribution in [0.5, 0.6) is 17.2 Å². The number of methoxy groups -OCH3 is 3.